The molecular weight excluding hydrogens is 250 g/mol. The Bertz CT molecular complexity index is 374. The van der Waals surface area contributed by atoms with Gasteiger partial charge in [-0.3, -0.25) is 4.79 Å². The van der Waals surface area contributed by atoms with Gasteiger partial charge in [-0.2, -0.15) is 0 Å². The first kappa shape index (κ1) is 15.3. The van der Waals surface area contributed by atoms with E-state index in [1.54, 1.807) is 20.8 Å². The predicted octanol–water partition coefficient (Wildman–Crippen LogP) is 0.792. The van der Waals surface area contributed by atoms with E-state index >= 15 is 0 Å². The van der Waals surface area contributed by atoms with Crippen molar-refractivity contribution in [1.82, 2.24) is 10.6 Å². The normalized spacial score (nSPS) is 18.3. The van der Waals surface area contributed by atoms with Crippen molar-refractivity contribution in [3.05, 3.63) is 0 Å². The molecule has 1 aliphatic rings. The van der Waals surface area contributed by atoms with E-state index < -0.39 is 11.7 Å². The van der Waals surface area contributed by atoms with Crippen LogP contribution in [0.2, 0.25) is 0 Å². The highest BCUT2D eigenvalue weighted by molar-refractivity contribution is 6.39. The Morgan fingerprint density at radius 2 is 2.11 bits per heavy atom. The molecule has 2 amide bonds. The molecule has 0 aromatic heterocycles. The van der Waals surface area contributed by atoms with Gasteiger partial charge in [-0.1, -0.05) is 5.16 Å². The number of carbonyl (C=O) groups is 2. The summed E-state index contributed by atoms with van der Waals surface area (Å²) >= 11 is 0. The van der Waals surface area contributed by atoms with E-state index in [9.17, 15) is 9.59 Å². The lowest BCUT2D eigenvalue weighted by Gasteiger charge is -2.20. The van der Waals surface area contributed by atoms with Crippen LogP contribution in [0.25, 0.3) is 0 Å². The van der Waals surface area contributed by atoms with Crippen LogP contribution >= 0.6 is 0 Å². The summed E-state index contributed by atoms with van der Waals surface area (Å²) in [5.41, 5.74) is -0.193. The van der Waals surface area contributed by atoms with Gasteiger partial charge in [-0.25, -0.2) is 4.79 Å². The van der Waals surface area contributed by atoms with Crippen molar-refractivity contribution < 1.29 is 19.2 Å². The second-order valence-corrected chi connectivity index (χ2v) is 5.21. The number of rotatable bonds is 4. The third kappa shape index (κ3) is 5.58. The van der Waals surface area contributed by atoms with E-state index in [1.165, 1.54) is 0 Å². The highest BCUT2D eigenvalue weighted by atomic mass is 16.6. The van der Waals surface area contributed by atoms with Gasteiger partial charge >= 0.3 is 6.09 Å². The lowest BCUT2D eigenvalue weighted by atomic mass is 10.1. The molecule has 0 aliphatic carbocycles. The van der Waals surface area contributed by atoms with E-state index in [0.29, 0.717) is 18.7 Å². The van der Waals surface area contributed by atoms with Crippen LogP contribution in [0.4, 0.5) is 4.79 Å². The number of hydrogen-bond donors (Lipinski definition) is 2. The Morgan fingerprint density at radius 1 is 1.42 bits per heavy atom. The van der Waals surface area contributed by atoms with Crippen molar-refractivity contribution in [3.63, 3.8) is 0 Å². The molecule has 1 atom stereocenters. The van der Waals surface area contributed by atoms with Gasteiger partial charge in [0.25, 0.3) is 5.91 Å². The monoisotopic (exact) mass is 271 g/mol. The van der Waals surface area contributed by atoms with Crippen molar-refractivity contribution in [2.45, 2.75) is 45.8 Å². The molecule has 19 heavy (non-hydrogen) atoms. The summed E-state index contributed by atoms with van der Waals surface area (Å²) in [6, 6.07) is 0. The highest BCUT2D eigenvalue weighted by Gasteiger charge is 2.26. The zero-order valence-electron chi connectivity index (χ0n) is 11.8. The first-order valence-corrected chi connectivity index (χ1v) is 6.29. The van der Waals surface area contributed by atoms with Crippen LogP contribution in [0.1, 0.15) is 34.1 Å². The van der Waals surface area contributed by atoms with Crippen LogP contribution in [0.5, 0.6) is 0 Å². The lowest BCUT2D eigenvalue weighted by molar-refractivity contribution is -0.114. The molecule has 0 radical (unpaired) electrons. The summed E-state index contributed by atoms with van der Waals surface area (Å²) in [4.78, 5) is 28.0. The molecular formula is C12H21N3O4. The summed E-state index contributed by atoms with van der Waals surface area (Å²) in [7, 11) is 0. The minimum atomic E-state index is -0.538. The molecule has 7 heteroatoms. The molecule has 0 saturated carbocycles. The van der Waals surface area contributed by atoms with Gasteiger partial charge in [-0.15, -0.1) is 0 Å². The fourth-order valence-electron chi connectivity index (χ4n) is 1.45. The quantitative estimate of drug-likeness (QED) is 0.791. The van der Waals surface area contributed by atoms with Crippen molar-refractivity contribution in [2.24, 2.45) is 5.16 Å². The molecule has 1 aliphatic heterocycles. The number of oxime groups is 1. The topological polar surface area (TPSA) is 89.0 Å². The molecule has 108 valence electrons. The number of amides is 2. The van der Waals surface area contributed by atoms with Gasteiger partial charge in [-0.05, 0) is 27.7 Å². The standard InChI is InChI=1S/C12H21N3O4/c1-5-13-10(16)9-6-8(19-15-9)7-14-11(17)18-12(2,3)4/h8H,5-7H2,1-4H3,(H,13,16)(H,14,17)/t8-/m1/s1. The number of nitrogens with zero attached hydrogens (tertiary/aromatic N) is 1. The number of hydrogen-bond acceptors (Lipinski definition) is 5. The molecule has 0 saturated heterocycles. The number of carbonyl (C=O) groups excluding carboxylic acids is 2. The molecule has 0 aromatic carbocycles. The summed E-state index contributed by atoms with van der Waals surface area (Å²) in [6.45, 7) is 7.98. The van der Waals surface area contributed by atoms with Gasteiger partial charge in [0, 0.05) is 13.0 Å². The van der Waals surface area contributed by atoms with Gasteiger partial charge in [0.05, 0.1) is 6.54 Å². The van der Waals surface area contributed by atoms with Crippen LogP contribution in [0.15, 0.2) is 5.16 Å². The largest absolute Gasteiger partial charge is 0.444 e. The van der Waals surface area contributed by atoms with Crippen LogP contribution in [0.3, 0.4) is 0 Å². The van der Waals surface area contributed by atoms with E-state index in [1.807, 2.05) is 6.92 Å². The third-order valence-corrected chi connectivity index (χ3v) is 2.21. The van der Waals surface area contributed by atoms with Crippen molar-refractivity contribution in [1.29, 1.82) is 0 Å². The smallest absolute Gasteiger partial charge is 0.407 e. The van der Waals surface area contributed by atoms with Gasteiger partial charge in [0.1, 0.15) is 11.3 Å². The summed E-state index contributed by atoms with van der Waals surface area (Å²) < 4.78 is 5.09. The Kier molecular flexibility index (Phi) is 5.14. The molecule has 0 unspecified atom stereocenters. The van der Waals surface area contributed by atoms with E-state index in [-0.39, 0.29) is 18.6 Å². The van der Waals surface area contributed by atoms with Crippen LogP contribution in [-0.4, -0.2) is 42.5 Å². The van der Waals surface area contributed by atoms with E-state index in [4.69, 9.17) is 9.57 Å². The summed E-state index contributed by atoms with van der Waals surface area (Å²) in [5.74, 6) is -0.234. The van der Waals surface area contributed by atoms with Crippen LogP contribution in [-0.2, 0) is 14.4 Å². The van der Waals surface area contributed by atoms with Crippen molar-refractivity contribution >= 4 is 17.7 Å². The molecule has 0 bridgehead atoms. The maximum atomic E-state index is 11.5. The Balaban J connectivity index is 2.27. The predicted molar refractivity (Wildman–Crippen MR) is 69.8 cm³/mol. The maximum Gasteiger partial charge on any atom is 0.407 e. The molecule has 2 N–H and O–H groups in total. The molecule has 0 spiro atoms. The highest BCUT2D eigenvalue weighted by Crippen LogP contribution is 2.11. The zero-order chi connectivity index (χ0) is 14.5. The Morgan fingerprint density at radius 3 is 2.68 bits per heavy atom. The van der Waals surface area contributed by atoms with Crippen molar-refractivity contribution in [3.8, 4) is 0 Å². The van der Waals surface area contributed by atoms with Crippen molar-refractivity contribution in [2.75, 3.05) is 13.1 Å². The number of alkyl carbamates (subject to hydrolysis) is 1. The first-order chi connectivity index (χ1) is 8.81. The zero-order valence-corrected chi connectivity index (χ0v) is 11.8. The number of nitrogens with one attached hydrogen (secondary N) is 2. The number of ether oxygens (including phenoxy) is 1. The Labute approximate surface area is 112 Å². The summed E-state index contributed by atoms with van der Waals surface area (Å²) in [5, 5.41) is 8.92. The van der Waals surface area contributed by atoms with Gasteiger partial charge in [0.2, 0.25) is 0 Å². The average Bonchev–Trinajstić information content (AvgIpc) is 2.73. The van der Waals surface area contributed by atoms with E-state index in [2.05, 4.69) is 15.8 Å². The van der Waals surface area contributed by atoms with Crippen LogP contribution < -0.4 is 10.6 Å². The second-order valence-electron chi connectivity index (χ2n) is 5.21. The molecule has 1 rings (SSSR count). The fraction of sp³-hybridized carbons (Fsp3) is 0.750. The minimum absolute atomic E-state index is 0.234. The van der Waals surface area contributed by atoms with Gasteiger partial charge in [0.15, 0.2) is 6.10 Å². The Hall–Kier alpha value is -1.79. The van der Waals surface area contributed by atoms with Gasteiger partial charge < -0.3 is 20.2 Å². The minimum Gasteiger partial charge on any atom is -0.444 e. The SMILES string of the molecule is CCNC(=O)C1=NO[C@@H](CNC(=O)OC(C)(C)C)C1. The molecule has 0 aromatic rings. The average molecular weight is 271 g/mol. The molecule has 1 heterocycles. The molecule has 7 nitrogen and oxygen atoms in total. The third-order valence-electron chi connectivity index (χ3n) is 2.21. The van der Waals surface area contributed by atoms with Crippen LogP contribution in [0, 0.1) is 0 Å². The van der Waals surface area contributed by atoms with E-state index in [0.717, 1.165) is 0 Å². The summed E-state index contributed by atoms with van der Waals surface area (Å²) in [6.07, 6.45) is -0.463. The fourth-order valence-corrected chi connectivity index (χ4v) is 1.45. The lowest BCUT2D eigenvalue weighted by Crippen LogP contribution is -2.37. The maximum absolute atomic E-state index is 11.5. The second kappa shape index (κ2) is 6.40. The first-order valence-electron chi connectivity index (χ1n) is 6.29. The molecule has 0 fully saturated rings.